The van der Waals surface area contributed by atoms with E-state index in [-0.39, 0.29) is 0 Å². The fourth-order valence-electron chi connectivity index (χ4n) is 9.10. The Morgan fingerprint density at radius 2 is 1.07 bits per heavy atom. The van der Waals surface area contributed by atoms with E-state index in [0.717, 1.165) is 44.1 Å². The summed E-state index contributed by atoms with van der Waals surface area (Å²) in [6, 6.07) is 67.0. The first-order chi connectivity index (χ1) is 29.7. The second-order valence-corrected chi connectivity index (χ2v) is 17.3. The van der Waals surface area contributed by atoms with Gasteiger partial charge in [0.25, 0.3) is 0 Å². The van der Waals surface area contributed by atoms with Crippen LogP contribution >= 0.6 is 23.1 Å². The smallest absolute Gasteiger partial charge is 0.165 e. The number of thiophene rings is 1. The second kappa shape index (κ2) is 13.1. The normalized spacial score (nSPS) is 12.3. The number of hydrogen-bond acceptors (Lipinski definition) is 5. The van der Waals surface area contributed by atoms with Crippen LogP contribution in [0.3, 0.4) is 0 Å². The Labute approximate surface area is 352 Å². The van der Waals surface area contributed by atoms with E-state index >= 15 is 0 Å². The summed E-state index contributed by atoms with van der Waals surface area (Å²) in [6.07, 6.45) is 0. The Morgan fingerprint density at radius 3 is 1.93 bits per heavy atom. The zero-order chi connectivity index (χ0) is 39.3. The van der Waals surface area contributed by atoms with E-state index < -0.39 is 0 Å². The van der Waals surface area contributed by atoms with Crippen molar-refractivity contribution in [2.45, 2.75) is 9.79 Å². The molecule has 0 unspecified atom stereocenters. The fourth-order valence-corrected chi connectivity index (χ4v) is 11.4. The van der Waals surface area contributed by atoms with Crippen molar-refractivity contribution in [2.24, 2.45) is 0 Å². The van der Waals surface area contributed by atoms with Gasteiger partial charge in [-0.2, -0.15) is 0 Å². The average molecular weight is 802 g/mol. The minimum absolute atomic E-state index is 0.640. The molecule has 0 amide bonds. The number of aromatic nitrogens is 5. The maximum absolute atomic E-state index is 5.32. The van der Waals surface area contributed by atoms with E-state index in [1.807, 2.05) is 17.8 Å². The predicted molar refractivity (Wildman–Crippen MR) is 250 cm³/mol. The molecule has 0 bridgehead atoms. The summed E-state index contributed by atoms with van der Waals surface area (Å²) in [5.74, 6) is 1.94. The topological polar surface area (TPSA) is 48.5 Å². The third-order valence-corrected chi connectivity index (χ3v) is 14.1. The third kappa shape index (κ3) is 5.03. The monoisotopic (exact) mass is 801 g/mol. The Kier molecular flexibility index (Phi) is 7.34. The minimum atomic E-state index is 0.640. The fraction of sp³-hybridized carbons (Fsp3) is 0. The summed E-state index contributed by atoms with van der Waals surface area (Å²) in [6.45, 7) is 0. The zero-order valence-corrected chi connectivity index (χ0v) is 33.6. The number of fused-ring (bicyclic) bond motifs is 10. The van der Waals surface area contributed by atoms with Crippen molar-refractivity contribution >= 4 is 76.1 Å². The van der Waals surface area contributed by atoms with Crippen molar-refractivity contribution in [3.63, 3.8) is 0 Å². The van der Waals surface area contributed by atoms with Crippen LogP contribution < -0.4 is 0 Å². The first-order valence-corrected chi connectivity index (χ1v) is 21.7. The molecule has 0 fully saturated rings. The minimum Gasteiger partial charge on any atom is -0.295 e. The molecular weight excluding hydrogens is 771 g/mol. The Balaban J connectivity index is 1.04. The van der Waals surface area contributed by atoms with Gasteiger partial charge in [-0.05, 0) is 71.8 Å². The maximum Gasteiger partial charge on any atom is 0.165 e. The zero-order valence-electron chi connectivity index (χ0n) is 32.0. The summed E-state index contributed by atoms with van der Waals surface area (Å²) >= 11 is 3.60. The molecule has 0 saturated heterocycles. The molecule has 0 N–H and O–H groups in total. The van der Waals surface area contributed by atoms with Gasteiger partial charge in [0, 0.05) is 68.5 Å². The van der Waals surface area contributed by atoms with Crippen molar-refractivity contribution in [3.05, 3.63) is 188 Å². The predicted octanol–water partition coefficient (Wildman–Crippen LogP) is 14.4. The van der Waals surface area contributed by atoms with E-state index in [0.29, 0.717) is 17.5 Å². The first-order valence-electron chi connectivity index (χ1n) is 20.0. The Bertz CT molecular complexity index is 3690. The van der Waals surface area contributed by atoms with Crippen LogP contribution in [0.1, 0.15) is 0 Å². The summed E-state index contributed by atoms with van der Waals surface area (Å²) in [7, 11) is 0. The highest BCUT2D eigenvalue weighted by atomic mass is 32.2. The van der Waals surface area contributed by atoms with Gasteiger partial charge in [0.15, 0.2) is 17.5 Å². The van der Waals surface area contributed by atoms with Crippen LogP contribution in [0.25, 0.3) is 110 Å². The van der Waals surface area contributed by atoms with Crippen LogP contribution in [-0.4, -0.2) is 24.1 Å². The molecule has 1 aliphatic rings. The molecule has 0 radical (unpaired) electrons. The maximum atomic E-state index is 5.32. The van der Waals surface area contributed by atoms with Gasteiger partial charge in [-0.25, -0.2) is 15.0 Å². The number of nitrogens with zero attached hydrogens (tertiary/aromatic N) is 5. The lowest BCUT2D eigenvalue weighted by molar-refractivity contribution is 1.02. The quantitative estimate of drug-likeness (QED) is 0.174. The molecule has 0 aliphatic carbocycles. The lowest BCUT2D eigenvalue weighted by Crippen LogP contribution is -2.06. The molecule has 7 heteroatoms. The summed E-state index contributed by atoms with van der Waals surface area (Å²) < 4.78 is 7.32. The van der Waals surface area contributed by atoms with E-state index in [1.165, 1.54) is 57.9 Å². The van der Waals surface area contributed by atoms with E-state index in [1.54, 1.807) is 11.3 Å². The number of para-hydroxylation sites is 3. The van der Waals surface area contributed by atoms with Gasteiger partial charge >= 0.3 is 0 Å². The molecule has 12 aromatic rings. The van der Waals surface area contributed by atoms with Gasteiger partial charge in [0.1, 0.15) is 5.65 Å². The third-order valence-electron chi connectivity index (χ3n) is 11.8. The van der Waals surface area contributed by atoms with E-state index in [9.17, 15) is 0 Å². The lowest BCUT2D eigenvalue weighted by Gasteiger charge is -2.22. The van der Waals surface area contributed by atoms with Gasteiger partial charge in [0.05, 0.1) is 16.7 Å². The highest BCUT2D eigenvalue weighted by Gasteiger charge is 2.28. The molecule has 0 atom stereocenters. The van der Waals surface area contributed by atoms with Gasteiger partial charge in [-0.1, -0.05) is 139 Å². The number of rotatable bonds is 5. The summed E-state index contributed by atoms with van der Waals surface area (Å²) in [5.41, 5.74) is 11.0. The highest BCUT2D eigenvalue weighted by molar-refractivity contribution is 7.99. The molecule has 60 heavy (non-hydrogen) atoms. The molecule has 13 rings (SSSR count). The van der Waals surface area contributed by atoms with E-state index in [2.05, 4.69) is 191 Å². The standard InChI is InChI=1S/C53H31N5S2/c1-3-14-32(15-4-1)33-16-11-17-34(30-33)50-54-51(56-52(55-50)41-24-12-22-38-37-20-8-10-26-44(37)60-49(38)41)35-28-29-43-46(31-35)59-45-27-13-23-40-47-39-21-7-9-25-42(39)57(36-18-5-2-6-19-36)53(47)58(43)48(40)45/h1-31H. The largest absolute Gasteiger partial charge is 0.295 e. The van der Waals surface area contributed by atoms with Gasteiger partial charge in [0.2, 0.25) is 0 Å². The van der Waals surface area contributed by atoms with Crippen LogP contribution in [0.4, 0.5) is 0 Å². The molecule has 4 aromatic heterocycles. The van der Waals surface area contributed by atoms with Crippen molar-refractivity contribution in [2.75, 3.05) is 0 Å². The molecule has 0 spiro atoms. The van der Waals surface area contributed by atoms with Crippen molar-refractivity contribution in [1.29, 1.82) is 0 Å². The number of benzene rings is 8. The van der Waals surface area contributed by atoms with Crippen molar-refractivity contribution < 1.29 is 0 Å². The van der Waals surface area contributed by atoms with Gasteiger partial charge in [-0.15, -0.1) is 11.3 Å². The van der Waals surface area contributed by atoms with Crippen LogP contribution in [-0.2, 0) is 0 Å². The summed E-state index contributed by atoms with van der Waals surface area (Å²) in [4.78, 5) is 18.2. The molecule has 5 nitrogen and oxygen atoms in total. The van der Waals surface area contributed by atoms with Gasteiger partial charge < -0.3 is 0 Å². The highest BCUT2D eigenvalue weighted by Crippen LogP contribution is 2.50. The SMILES string of the molecule is c1ccc(-c2cccc(-c3nc(-c4ccc5c(c4)Sc4cccc6c7c8ccccc8n(-c8ccccc8)c7n-5c46)nc(-c4cccc5c4sc4ccccc45)n3)c2)cc1. The molecule has 5 heterocycles. The summed E-state index contributed by atoms with van der Waals surface area (Å²) in [5, 5.41) is 6.23. The molecule has 8 aromatic carbocycles. The van der Waals surface area contributed by atoms with Crippen LogP contribution in [0.15, 0.2) is 198 Å². The molecule has 1 aliphatic heterocycles. The molecule has 0 saturated carbocycles. The molecule has 280 valence electrons. The van der Waals surface area contributed by atoms with Crippen LogP contribution in [0.5, 0.6) is 0 Å². The van der Waals surface area contributed by atoms with E-state index in [4.69, 9.17) is 15.0 Å². The van der Waals surface area contributed by atoms with Crippen LogP contribution in [0, 0.1) is 0 Å². The van der Waals surface area contributed by atoms with Crippen molar-refractivity contribution in [1.82, 2.24) is 24.1 Å². The Hall–Kier alpha value is -7.32. The molecular formula is C53H31N5S2. The van der Waals surface area contributed by atoms with Crippen LogP contribution in [0.2, 0.25) is 0 Å². The van der Waals surface area contributed by atoms with Gasteiger partial charge in [-0.3, -0.25) is 9.13 Å². The first kappa shape index (κ1) is 33.6. The number of hydrogen-bond donors (Lipinski definition) is 0. The average Bonchev–Trinajstić information content (AvgIpc) is 3.98. The Morgan fingerprint density at radius 1 is 0.417 bits per heavy atom. The lowest BCUT2D eigenvalue weighted by atomic mass is 10.0. The second-order valence-electron chi connectivity index (χ2n) is 15.2. The van der Waals surface area contributed by atoms with Crippen molar-refractivity contribution in [3.8, 4) is 56.7 Å².